The molecule has 0 fully saturated rings. The summed E-state index contributed by atoms with van der Waals surface area (Å²) in [4.78, 5) is 4.09. The fourth-order valence-corrected chi connectivity index (χ4v) is 1.45. The Morgan fingerprint density at radius 1 is 1.50 bits per heavy atom. The molecule has 0 spiro atoms. The lowest BCUT2D eigenvalue weighted by molar-refractivity contribution is 0.622. The Morgan fingerprint density at radius 2 is 2.25 bits per heavy atom. The van der Waals surface area contributed by atoms with Gasteiger partial charge in [-0.3, -0.25) is 0 Å². The molecule has 0 saturated carbocycles. The SMILES string of the molecule is Cn1cnc2cc(Br)c(F)cc21. The van der Waals surface area contributed by atoms with E-state index in [0.717, 1.165) is 11.0 Å². The second kappa shape index (κ2) is 2.55. The van der Waals surface area contributed by atoms with Crippen molar-refractivity contribution in [1.29, 1.82) is 0 Å². The van der Waals surface area contributed by atoms with Gasteiger partial charge in [-0.15, -0.1) is 0 Å². The average Bonchev–Trinajstić information content (AvgIpc) is 2.35. The zero-order valence-corrected chi connectivity index (χ0v) is 7.97. The highest BCUT2D eigenvalue weighted by atomic mass is 79.9. The first-order valence-corrected chi connectivity index (χ1v) is 4.24. The number of fused-ring (bicyclic) bond motifs is 1. The molecule has 62 valence electrons. The molecule has 1 aromatic carbocycles. The van der Waals surface area contributed by atoms with Gasteiger partial charge in [0.1, 0.15) is 5.82 Å². The van der Waals surface area contributed by atoms with Gasteiger partial charge in [0.15, 0.2) is 0 Å². The predicted molar refractivity (Wildman–Crippen MR) is 48.4 cm³/mol. The van der Waals surface area contributed by atoms with Gasteiger partial charge < -0.3 is 4.57 Å². The average molecular weight is 229 g/mol. The van der Waals surface area contributed by atoms with Crippen molar-refractivity contribution in [2.75, 3.05) is 0 Å². The van der Waals surface area contributed by atoms with Crippen LogP contribution in [0.2, 0.25) is 0 Å². The zero-order chi connectivity index (χ0) is 8.72. The number of imidazole rings is 1. The Balaban J connectivity index is 2.87. The molecule has 2 aromatic rings. The van der Waals surface area contributed by atoms with E-state index < -0.39 is 0 Å². The smallest absolute Gasteiger partial charge is 0.139 e. The van der Waals surface area contributed by atoms with Crippen LogP contribution >= 0.6 is 15.9 Å². The van der Waals surface area contributed by atoms with E-state index in [9.17, 15) is 4.39 Å². The monoisotopic (exact) mass is 228 g/mol. The van der Waals surface area contributed by atoms with E-state index in [1.807, 2.05) is 7.05 Å². The van der Waals surface area contributed by atoms with Crippen LogP contribution in [0.5, 0.6) is 0 Å². The molecule has 2 nitrogen and oxygen atoms in total. The minimum absolute atomic E-state index is 0.258. The van der Waals surface area contributed by atoms with Crippen LogP contribution in [0.4, 0.5) is 4.39 Å². The lowest BCUT2D eigenvalue weighted by Gasteiger charge is -1.96. The van der Waals surface area contributed by atoms with E-state index in [4.69, 9.17) is 0 Å². The quantitative estimate of drug-likeness (QED) is 0.678. The molecule has 4 heteroatoms. The molecule has 0 amide bonds. The van der Waals surface area contributed by atoms with E-state index in [1.54, 1.807) is 17.0 Å². The molecule has 0 aliphatic heterocycles. The fourth-order valence-electron chi connectivity index (χ4n) is 1.12. The second-order valence-electron chi connectivity index (χ2n) is 2.61. The molecule has 0 atom stereocenters. The molecule has 2 rings (SSSR count). The highest BCUT2D eigenvalue weighted by molar-refractivity contribution is 9.10. The molecular weight excluding hydrogens is 223 g/mol. The van der Waals surface area contributed by atoms with E-state index in [-0.39, 0.29) is 5.82 Å². The molecule has 12 heavy (non-hydrogen) atoms. The number of benzene rings is 1. The van der Waals surface area contributed by atoms with E-state index in [1.165, 1.54) is 6.07 Å². The van der Waals surface area contributed by atoms with Crippen LogP contribution in [0.3, 0.4) is 0 Å². The molecule has 1 aromatic heterocycles. The Morgan fingerprint density at radius 3 is 3.00 bits per heavy atom. The van der Waals surface area contributed by atoms with Crippen LogP contribution in [-0.2, 0) is 7.05 Å². The number of rotatable bonds is 0. The molecule has 0 bridgehead atoms. The van der Waals surface area contributed by atoms with Crippen molar-refractivity contribution in [2.24, 2.45) is 7.05 Å². The lowest BCUT2D eigenvalue weighted by atomic mass is 10.3. The van der Waals surface area contributed by atoms with Crippen LogP contribution in [0.15, 0.2) is 22.9 Å². The van der Waals surface area contributed by atoms with Gasteiger partial charge in [-0.25, -0.2) is 9.37 Å². The third-order valence-corrected chi connectivity index (χ3v) is 2.38. The maximum atomic E-state index is 13.0. The Hall–Kier alpha value is -0.900. The van der Waals surface area contributed by atoms with Gasteiger partial charge >= 0.3 is 0 Å². The van der Waals surface area contributed by atoms with Crippen LogP contribution in [0, 0.1) is 5.82 Å². The van der Waals surface area contributed by atoms with Crippen molar-refractivity contribution >= 4 is 27.0 Å². The summed E-state index contributed by atoms with van der Waals surface area (Å²) < 4.78 is 15.3. The van der Waals surface area contributed by atoms with Crippen LogP contribution in [0.25, 0.3) is 11.0 Å². The van der Waals surface area contributed by atoms with Crippen molar-refractivity contribution in [2.45, 2.75) is 0 Å². The first-order chi connectivity index (χ1) is 5.68. The lowest BCUT2D eigenvalue weighted by Crippen LogP contribution is -1.85. The van der Waals surface area contributed by atoms with Crippen LogP contribution in [0.1, 0.15) is 0 Å². The highest BCUT2D eigenvalue weighted by Crippen LogP contribution is 2.21. The van der Waals surface area contributed by atoms with Gasteiger partial charge in [-0.2, -0.15) is 0 Å². The Kier molecular flexibility index (Phi) is 1.65. The van der Waals surface area contributed by atoms with Gasteiger partial charge in [0, 0.05) is 13.1 Å². The van der Waals surface area contributed by atoms with Crippen molar-refractivity contribution in [3.05, 3.63) is 28.7 Å². The van der Waals surface area contributed by atoms with Gasteiger partial charge in [0.05, 0.1) is 21.8 Å². The summed E-state index contributed by atoms with van der Waals surface area (Å²) in [5, 5.41) is 0. The second-order valence-corrected chi connectivity index (χ2v) is 3.46. The summed E-state index contributed by atoms with van der Waals surface area (Å²) in [6.45, 7) is 0. The number of aromatic nitrogens is 2. The van der Waals surface area contributed by atoms with Crippen LogP contribution in [-0.4, -0.2) is 9.55 Å². The van der Waals surface area contributed by atoms with Crippen LogP contribution < -0.4 is 0 Å². The van der Waals surface area contributed by atoms with Gasteiger partial charge in [-0.05, 0) is 22.0 Å². The summed E-state index contributed by atoms with van der Waals surface area (Å²) >= 11 is 3.10. The summed E-state index contributed by atoms with van der Waals surface area (Å²) in [5.74, 6) is -0.258. The summed E-state index contributed by atoms with van der Waals surface area (Å²) in [5.41, 5.74) is 1.60. The van der Waals surface area contributed by atoms with E-state index in [0.29, 0.717) is 4.47 Å². The van der Waals surface area contributed by atoms with Gasteiger partial charge in [-0.1, -0.05) is 0 Å². The minimum Gasteiger partial charge on any atom is -0.334 e. The number of halogens is 2. The molecule has 0 aliphatic carbocycles. The zero-order valence-electron chi connectivity index (χ0n) is 6.38. The molecule has 0 radical (unpaired) electrons. The van der Waals surface area contributed by atoms with Gasteiger partial charge in [0.25, 0.3) is 0 Å². The molecule has 0 aliphatic rings. The summed E-state index contributed by atoms with van der Waals surface area (Å²) in [7, 11) is 1.84. The van der Waals surface area contributed by atoms with E-state index in [2.05, 4.69) is 20.9 Å². The normalized spacial score (nSPS) is 10.9. The first kappa shape index (κ1) is 7.73. The Bertz CT molecular complexity index is 436. The van der Waals surface area contributed by atoms with Crippen molar-refractivity contribution in [3.63, 3.8) is 0 Å². The standard InChI is InChI=1S/C8H6BrFN2/c1-12-4-11-7-2-5(9)6(10)3-8(7)12/h2-4H,1H3. The highest BCUT2D eigenvalue weighted by Gasteiger charge is 2.04. The van der Waals surface area contributed by atoms with Crippen molar-refractivity contribution in [3.8, 4) is 0 Å². The molecule has 0 N–H and O–H groups in total. The summed E-state index contributed by atoms with van der Waals surface area (Å²) in [6, 6.07) is 3.14. The molecule has 1 heterocycles. The van der Waals surface area contributed by atoms with E-state index >= 15 is 0 Å². The number of hydrogen-bond donors (Lipinski definition) is 0. The number of nitrogens with zero attached hydrogens (tertiary/aromatic N) is 2. The molecular formula is C8H6BrFN2. The number of aryl methyl sites for hydroxylation is 1. The molecule has 0 unspecified atom stereocenters. The third-order valence-electron chi connectivity index (χ3n) is 1.77. The van der Waals surface area contributed by atoms with Crippen molar-refractivity contribution < 1.29 is 4.39 Å². The minimum atomic E-state index is -0.258. The Labute approximate surface area is 77.1 Å². The first-order valence-electron chi connectivity index (χ1n) is 3.44. The maximum absolute atomic E-state index is 13.0. The topological polar surface area (TPSA) is 17.8 Å². The summed E-state index contributed by atoms with van der Waals surface area (Å²) in [6.07, 6.45) is 1.66. The van der Waals surface area contributed by atoms with Crippen molar-refractivity contribution in [1.82, 2.24) is 9.55 Å². The molecule has 0 saturated heterocycles. The predicted octanol–water partition coefficient (Wildman–Crippen LogP) is 2.47. The number of hydrogen-bond acceptors (Lipinski definition) is 1. The maximum Gasteiger partial charge on any atom is 0.139 e. The van der Waals surface area contributed by atoms with Gasteiger partial charge in [0.2, 0.25) is 0 Å². The third kappa shape index (κ3) is 1.03. The largest absolute Gasteiger partial charge is 0.334 e. The fraction of sp³-hybridized carbons (Fsp3) is 0.125.